The zero-order valence-electron chi connectivity index (χ0n) is 38.7. The molecule has 0 heterocycles. The van der Waals surface area contributed by atoms with Crippen LogP contribution in [0, 0.1) is 0 Å². The van der Waals surface area contributed by atoms with Crippen LogP contribution in [0.25, 0.3) is 0 Å². The van der Waals surface area contributed by atoms with E-state index in [0.29, 0.717) is 13.0 Å². The van der Waals surface area contributed by atoms with Crippen LogP contribution in [0.1, 0.15) is 188 Å². The molecule has 0 saturated carbocycles. The Bertz CT molecular complexity index is 1260. The van der Waals surface area contributed by atoms with E-state index in [-0.39, 0.29) is 31.6 Å². The molecule has 1 atom stereocenters. The third-order valence-electron chi connectivity index (χ3n) is 9.53. The Balaban J connectivity index is 4.44. The van der Waals surface area contributed by atoms with Gasteiger partial charge < -0.3 is 14.2 Å². The smallest absolute Gasteiger partial charge is 0.310 e. The maximum Gasteiger partial charge on any atom is 0.310 e. The molecule has 0 saturated heterocycles. The van der Waals surface area contributed by atoms with E-state index in [0.717, 1.165) is 103 Å². The van der Waals surface area contributed by atoms with Crippen molar-refractivity contribution in [2.24, 2.45) is 0 Å². The molecular weight excluding hydrogens is 741 g/mol. The van der Waals surface area contributed by atoms with E-state index in [2.05, 4.69) is 130 Å². The molecule has 0 rings (SSSR count). The first-order valence-electron chi connectivity index (χ1n) is 24.1. The maximum atomic E-state index is 12.7. The van der Waals surface area contributed by atoms with Crippen LogP contribution in [0.2, 0.25) is 0 Å². The zero-order chi connectivity index (χ0) is 43.5. The summed E-state index contributed by atoms with van der Waals surface area (Å²) in [5.41, 5.74) is 0. The van der Waals surface area contributed by atoms with Gasteiger partial charge in [-0.2, -0.15) is 0 Å². The lowest BCUT2D eigenvalue weighted by Gasteiger charge is -2.18. The first-order valence-corrected chi connectivity index (χ1v) is 24.1. The highest BCUT2D eigenvalue weighted by atomic mass is 16.6. The van der Waals surface area contributed by atoms with Gasteiger partial charge in [0.2, 0.25) is 0 Å². The molecule has 0 aliphatic rings. The number of ether oxygens (including phenoxy) is 3. The van der Waals surface area contributed by atoms with Gasteiger partial charge in [0.25, 0.3) is 0 Å². The van der Waals surface area contributed by atoms with Crippen molar-refractivity contribution < 1.29 is 23.8 Å². The zero-order valence-corrected chi connectivity index (χ0v) is 38.7. The number of esters is 2. The molecule has 0 aromatic carbocycles. The summed E-state index contributed by atoms with van der Waals surface area (Å²) in [7, 11) is 0. The quantitative estimate of drug-likeness (QED) is 0.0348. The van der Waals surface area contributed by atoms with Gasteiger partial charge in [0.1, 0.15) is 6.61 Å². The molecule has 5 heteroatoms. The molecular formula is C55H88O5. The summed E-state index contributed by atoms with van der Waals surface area (Å²) in [4.78, 5) is 25.2. The molecule has 0 aromatic heterocycles. The van der Waals surface area contributed by atoms with Crippen molar-refractivity contribution >= 4 is 11.9 Å². The maximum absolute atomic E-state index is 12.7. The average molecular weight is 829 g/mol. The number of unbranched alkanes of at least 4 members (excludes halogenated alkanes) is 12. The summed E-state index contributed by atoms with van der Waals surface area (Å²) < 4.78 is 17.2. The van der Waals surface area contributed by atoms with Crippen LogP contribution in [0.4, 0.5) is 0 Å². The predicted octanol–water partition coefficient (Wildman–Crippen LogP) is 16.2. The number of hydrogen-bond donors (Lipinski definition) is 0. The van der Waals surface area contributed by atoms with Crippen LogP contribution in [0.3, 0.4) is 0 Å². The molecule has 0 aromatic rings. The van der Waals surface area contributed by atoms with Crippen molar-refractivity contribution in [2.75, 3.05) is 19.8 Å². The van der Waals surface area contributed by atoms with Crippen molar-refractivity contribution in [3.63, 3.8) is 0 Å². The first kappa shape index (κ1) is 56.3. The van der Waals surface area contributed by atoms with E-state index in [1.165, 1.54) is 51.4 Å². The van der Waals surface area contributed by atoms with E-state index >= 15 is 0 Å². The number of allylic oxidation sites excluding steroid dienone is 19. The van der Waals surface area contributed by atoms with Crippen molar-refractivity contribution in [3.8, 4) is 0 Å². The number of carbonyl (C=O) groups is 2. The van der Waals surface area contributed by atoms with Crippen molar-refractivity contribution in [3.05, 3.63) is 122 Å². The van der Waals surface area contributed by atoms with E-state index in [4.69, 9.17) is 14.2 Å². The molecule has 338 valence electrons. The van der Waals surface area contributed by atoms with E-state index in [1.54, 1.807) is 0 Å². The predicted molar refractivity (Wildman–Crippen MR) is 260 cm³/mol. The van der Waals surface area contributed by atoms with Gasteiger partial charge in [0, 0.05) is 13.0 Å². The lowest BCUT2D eigenvalue weighted by atomic mass is 10.1. The molecule has 60 heavy (non-hydrogen) atoms. The second kappa shape index (κ2) is 49.7. The monoisotopic (exact) mass is 829 g/mol. The molecule has 0 N–H and O–H groups in total. The largest absolute Gasteiger partial charge is 0.462 e. The Labute approximate surface area is 369 Å². The third-order valence-corrected chi connectivity index (χ3v) is 9.53. The fourth-order valence-corrected chi connectivity index (χ4v) is 6.02. The van der Waals surface area contributed by atoms with Crippen LogP contribution in [-0.2, 0) is 23.8 Å². The Morgan fingerprint density at radius 2 is 0.800 bits per heavy atom. The molecule has 0 radical (unpaired) electrons. The summed E-state index contributed by atoms with van der Waals surface area (Å²) in [6.07, 6.45) is 69.4. The van der Waals surface area contributed by atoms with E-state index in [9.17, 15) is 9.59 Å². The van der Waals surface area contributed by atoms with Gasteiger partial charge in [-0.25, -0.2) is 0 Å². The molecule has 0 aliphatic carbocycles. The summed E-state index contributed by atoms with van der Waals surface area (Å²) in [5, 5.41) is 0. The molecule has 0 spiro atoms. The molecule has 0 bridgehead atoms. The van der Waals surface area contributed by atoms with Gasteiger partial charge in [-0.3, -0.25) is 9.59 Å². The lowest BCUT2D eigenvalue weighted by molar-refractivity contribution is -0.162. The number of rotatable bonds is 42. The van der Waals surface area contributed by atoms with Crippen molar-refractivity contribution in [2.45, 2.75) is 194 Å². The van der Waals surface area contributed by atoms with Crippen LogP contribution >= 0.6 is 0 Å². The number of carbonyl (C=O) groups excluding carboxylic acids is 2. The SMILES string of the molecule is CC/C=C\C/C=C\C/C=C\C/C=C\C/C=C\CCCCCC(=O)OCC(COCCCCCCCCCCCC)OC(=O)C/C=C\C/C=C\C/C=C\C/C=C\C/C=C\CC. The first-order chi connectivity index (χ1) is 29.6. The highest BCUT2D eigenvalue weighted by Crippen LogP contribution is 2.11. The van der Waals surface area contributed by atoms with Gasteiger partial charge in [-0.15, -0.1) is 0 Å². The minimum Gasteiger partial charge on any atom is -0.462 e. The van der Waals surface area contributed by atoms with Gasteiger partial charge in [0.05, 0.1) is 13.0 Å². The summed E-state index contributed by atoms with van der Waals surface area (Å²) >= 11 is 0. The molecule has 1 unspecified atom stereocenters. The Kier molecular flexibility index (Phi) is 46.6. The Hall–Kier alpha value is -3.70. The van der Waals surface area contributed by atoms with Crippen molar-refractivity contribution in [1.82, 2.24) is 0 Å². The standard InChI is InChI=1S/C55H88O5/c1-4-7-10-13-16-19-22-24-26-27-28-29-31-32-34-36-39-42-45-48-54(56)59-52-53(51-58-50-47-44-41-38-21-18-15-12-9-6-3)60-55(57)49-46-43-40-37-35-33-30-25-23-20-17-14-11-8-5-2/h7-8,10-11,16-17,19-20,24-26,28-30,32,34-35,37,43,46,53H,4-6,9,12-15,18,21-23,27,31,33,36,38-42,44-45,47-52H2,1-3H3/b10-7-,11-8-,19-16-,20-17-,26-24-,29-28-,30-25-,34-32-,37-35-,46-43-. The van der Waals surface area contributed by atoms with Gasteiger partial charge in [-0.1, -0.05) is 206 Å². The highest BCUT2D eigenvalue weighted by molar-refractivity contribution is 5.71. The van der Waals surface area contributed by atoms with Gasteiger partial charge in [0.15, 0.2) is 6.10 Å². The van der Waals surface area contributed by atoms with E-state index < -0.39 is 6.10 Å². The summed E-state index contributed by atoms with van der Waals surface area (Å²) in [6.45, 7) is 7.43. The van der Waals surface area contributed by atoms with E-state index in [1.807, 2.05) is 12.2 Å². The van der Waals surface area contributed by atoms with Crippen LogP contribution in [-0.4, -0.2) is 37.9 Å². The van der Waals surface area contributed by atoms with Crippen LogP contribution in [0.5, 0.6) is 0 Å². The summed E-state index contributed by atoms with van der Waals surface area (Å²) in [5.74, 6) is -0.589. The molecule has 0 aliphatic heterocycles. The van der Waals surface area contributed by atoms with Crippen LogP contribution < -0.4 is 0 Å². The highest BCUT2D eigenvalue weighted by Gasteiger charge is 2.17. The summed E-state index contributed by atoms with van der Waals surface area (Å²) in [6, 6.07) is 0. The van der Waals surface area contributed by atoms with Crippen molar-refractivity contribution in [1.29, 1.82) is 0 Å². The Morgan fingerprint density at radius 1 is 0.400 bits per heavy atom. The molecule has 0 amide bonds. The van der Waals surface area contributed by atoms with Crippen LogP contribution in [0.15, 0.2) is 122 Å². The topological polar surface area (TPSA) is 61.8 Å². The van der Waals surface area contributed by atoms with Gasteiger partial charge in [-0.05, 0) is 89.9 Å². The minimum absolute atomic E-state index is 0.0221. The average Bonchev–Trinajstić information content (AvgIpc) is 3.25. The normalized spacial score (nSPS) is 13.3. The second-order valence-electron chi connectivity index (χ2n) is 15.3. The molecule has 0 fully saturated rings. The minimum atomic E-state index is -0.609. The van der Waals surface area contributed by atoms with Gasteiger partial charge >= 0.3 is 11.9 Å². The Morgan fingerprint density at radius 3 is 1.27 bits per heavy atom. The second-order valence-corrected chi connectivity index (χ2v) is 15.3. The number of hydrogen-bond acceptors (Lipinski definition) is 5. The molecule has 5 nitrogen and oxygen atoms in total. The lowest BCUT2D eigenvalue weighted by Crippen LogP contribution is -2.29. The third kappa shape index (κ3) is 47.0. The fourth-order valence-electron chi connectivity index (χ4n) is 6.02. The fraction of sp³-hybridized carbons (Fsp3) is 0.600.